The van der Waals surface area contributed by atoms with E-state index in [0.717, 1.165) is 25.0 Å². The molecule has 7 heteroatoms. The number of alkyl halides is 3. The topological polar surface area (TPSA) is 0 Å². The van der Waals surface area contributed by atoms with Gasteiger partial charge in [0.05, 0.1) is 5.56 Å². The van der Waals surface area contributed by atoms with Crippen molar-refractivity contribution in [3.8, 4) is 22.3 Å². The van der Waals surface area contributed by atoms with E-state index in [-0.39, 0.29) is 28.7 Å². The molecule has 3 rings (SSSR count). The van der Waals surface area contributed by atoms with Gasteiger partial charge < -0.3 is 0 Å². The number of halogens is 7. The Morgan fingerprint density at radius 2 is 1.27 bits per heavy atom. The lowest BCUT2D eigenvalue weighted by Gasteiger charge is -2.14. The molecule has 0 aromatic heterocycles. The summed E-state index contributed by atoms with van der Waals surface area (Å²) in [6.45, 7) is 3.89. The lowest BCUT2D eigenvalue weighted by Crippen LogP contribution is -2.01. The molecule has 0 aliphatic rings. The molecule has 0 saturated carbocycles. The molecule has 3 aromatic rings. The largest absolute Gasteiger partial charge is 0.409 e. The van der Waals surface area contributed by atoms with Gasteiger partial charge in [-0.05, 0) is 64.9 Å². The Balaban J connectivity index is 1.92. The van der Waals surface area contributed by atoms with Crippen molar-refractivity contribution in [3.63, 3.8) is 0 Å². The molecule has 3 aromatic carbocycles. The van der Waals surface area contributed by atoms with Crippen LogP contribution >= 0.6 is 0 Å². The van der Waals surface area contributed by atoms with Gasteiger partial charge in [0.25, 0.3) is 0 Å². The Morgan fingerprint density at radius 1 is 0.758 bits per heavy atom. The van der Waals surface area contributed by atoms with Crippen LogP contribution in [0.15, 0.2) is 54.6 Å². The molecular formula is C26H21F7. The van der Waals surface area contributed by atoms with Gasteiger partial charge in [0.2, 0.25) is 0 Å². The first-order chi connectivity index (χ1) is 15.5. The van der Waals surface area contributed by atoms with Crippen LogP contribution in [-0.4, -0.2) is 6.18 Å². The highest BCUT2D eigenvalue weighted by Crippen LogP contribution is 2.33. The summed E-state index contributed by atoms with van der Waals surface area (Å²) < 4.78 is 94.7. The number of hydrogen-bond donors (Lipinski definition) is 0. The van der Waals surface area contributed by atoms with E-state index in [1.807, 2.05) is 13.8 Å². The zero-order valence-corrected chi connectivity index (χ0v) is 17.9. The molecule has 33 heavy (non-hydrogen) atoms. The standard InChI is InChI=1S/C26H21F7/c1-3-4-15(2)18-11-23(29)25(24(30)12-18)17-7-5-16(6-8-17)19-13-21(27)20(22(28)14-19)9-10-26(31,32)33/h5-15H,3-4H2,1-2H3/b10-9+. The van der Waals surface area contributed by atoms with E-state index in [9.17, 15) is 30.7 Å². The lowest BCUT2D eigenvalue weighted by molar-refractivity contribution is -0.0790. The molecule has 0 saturated heterocycles. The smallest absolute Gasteiger partial charge is 0.206 e. The van der Waals surface area contributed by atoms with E-state index in [1.165, 1.54) is 36.4 Å². The fourth-order valence-corrected chi connectivity index (χ4v) is 3.67. The second-order valence-electron chi connectivity index (χ2n) is 7.86. The van der Waals surface area contributed by atoms with Gasteiger partial charge in [0.1, 0.15) is 23.3 Å². The zero-order chi connectivity index (χ0) is 24.3. The molecule has 0 nitrogen and oxygen atoms in total. The summed E-state index contributed by atoms with van der Waals surface area (Å²) in [4.78, 5) is 0. The molecule has 1 unspecified atom stereocenters. The Labute approximate surface area is 187 Å². The second-order valence-corrected chi connectivity index (χ2v) is 7.86. The van der Waals surface area contributed by atoms with Gasteiger partial charge in [0.15, 0.2) is 0 Å². The van der Waals surface area contributed by atoms with Gasteiger partial charge in [0, 0.05) is 11.6 Å². The summed E-state index contributed by atoms with van der Waals surface area (Å²) in [7, 11) is 0. The van der Waals surface area contributed by atoms with Crippen LogP contribution in [0, 0.1) is 23.3 Å². The third-order valence-electron chi connectivity index (χ3n) is 5.38. The van der Waals surface area contributed by atoms with Crippen LogP contribution in [0.2, 0.25) is 0 Å². The average Bonchev–Trinajstić information content (AvgIpc) is 2.72. The van der Waals surface area contributed by atoms with E-state index in [4.69, 9.17) is 0 Å². The zero-order valence-electron chi connectivity index (χ0n) is 17.9. The van der Waals surface area contributed by atoms with E-state index < -0.39 is 35.0 Å². The molecule has 0 heterocycles. The Kier molecular flexibility index (Phi) is 7.30. The number of benzene rings is 3. The first kappa shape index (κ1) is 24.6. The highest BCUT2D eigenvalue weighted by atomic mass is 19.4. The van der Waals surface area contributed by atoms with Crippen LogP contribution < -0.4 is 0 Å². The Bertz CT molecular complexity index is 1110. The van der Waals surface area contributed by atoms with Crippen LogP contribution in [0.25, 0.3) is 28.3 Å². The summed E-state index contributed by atoms with van der Waals surface area (Å²) in [5.41, 5.74) is 0.197. The van der Waals surface area contributed by atoms with Crippen molar-refractivity contribution in [2.24, 2.45) is 0 Å². The van der Waals surface area contributed by atoms with Crippen molar-refractivity contribution >= 4 is 6.08 Å². The molecule has 0 spiro atoms. The van der Waals surface area contributed by atoms with E-state index in [2.05, 4.69) is 0 Å². The van der Waals surface area contributed by atoms with E-state index >= 15 is 0 Å². The maximum absolute atomic E-state index is 14.7. The van der Waals surface area contributed by atoms with Crippen LogP contribution in [-0.2, 0) is 0 Å². The number of rotatable bonds is 6. The van der Waals surface area contributed by atoms with Crippen molar-refractivity contribution in [2.45, 2.75) is 38.8 Å². The van der Waals surface area contributed by atoms with Gasteiger partial charge >= 0.3 is 6.18 Å². The molecule has 0 fully saturated rings. The maximum Gasteiger partial charge on any atom is 0.409 e. The van der Waals surface area contributed by atoms with Gasteiger partial charge in [-0.2, -0.15) is 13.2 Å². The molecule has 0 N–H and O–H groups in total. The third-order valence-corrected chi connectivity index (χ3v) is 5.38. The fourth-order valence-electron chi connectivity index (χ4n) is 3.67. The second kappa shape index (κ2) is 9.81. The first-order valence-corrected chi connectivity index (χ1v) is 10.3. The van der Waals surface area contributed by atoms with Gasteiger partial charge in [-0.15, -0.1) is 0 Å². The van der Waals surface area contributed by atoms with Gasteiger partial charge in [-0.3, -0.25) is 0 Å². The predicted octanol–water partition coefficient (Wildman–Crippen LogP) is 9.06. The molecule has 0 amide bonds. The van der Waals surface area contributed by atoms with E-state index in [0.29, 0.717) is 17.2 Å². The SMILES string of the molecule is CCCC(C)c1cc(F)c(-c2ccc(-c3cc(F)c(/C=C/C(F)(F)F)c(F)c3)cc2)c(F)c1. The van der Waals surface area contributed by atoms with Crippen LogP contribution in [0.1, 0.15) is 43.7 Å². The van der Waals surface area contributed by atoms with Crippen LogP contribution in [0.3, 0.4) is 0 Å². The highest BCUT2D eigenvalue weighted by Gasteiger charge is 2.23. The Morgan fingerprint density at radius 3 is 1.76 bits per heavy atom. The number of allylic oxidation sites excluding steroid dienone is 1. The molecule has 174 valence electrons. The van der Waals surface area contributed by atoms with Gasteiger partial charge in [-0.25, -0.2) is 17.6 Å². The quantitative estimate of drug-likeness (QED) is 0.318. The normalized spacial score (nSPS) is 13.0. The third kappa shape index (κ3) is 5.83. The summed E-state index contributed by atoms with van der Waals surface area (Å²) in [6.07, 6.45) is -2.95. The molecular weight excluding hydrogens is 445 g/mol. The number of hydrogen-bond acceptors (Lipinski definition) is 0. The first-order valence-electron chi connectivity index (χ1n) is 10.3. The van der Waals surface area contributed by atoms with Gasteiger partial charge in [-0.1, -0.05) is 44.5 Å². The lowest BCUT2D eigenvalue weighted by atomic mass is 9.93. The summed E-state index contributed by atoms with van der Waals surface area (Å²) in [5, 5.41) is 0. The molecule has 0 bridgehead atoms. The van der Waals surface area contributed by atoms with Crippen molar-refractivity contribution in [2.75, 3.05) is 0 Å². The maximum atomic E-state index is 14.7. The summed E-state index contributed by atoms with van der Waals surface area (Å²) in [6, 6.07) is 10.1. The fraction of sp³-hybridized carbons (Fsp3) is 0.231. The van der Waals surface area contributed by atoms with Crippen molar-refractivity contribution in [1.82, 2.24) is 0 Å². The van der Waals surface area contributed by atoms with Crippen molar-refractivity contribution < 1.29 is 30.7 Å². The minimum absolute atomic E-state index is 0.00849. The minimum Gasteiger partial charge on any atom is -0.206 e. The summed E-state index contributed by atoms with van der Waals surface area (Å²) >= 11 is 0. The average molecular weight is 466 g/mol. The van der Waals surface area contributed by atoms with Crippen molar-refractivity contribution in [3.05, 3.63) is 89.0 Å². The highest BCUT2D eigenvalue weighted by molar-refractivity contribution is 5.72. The molecule has 1 atom stereocenters. The van der Waals surface area contributed by atoms with Crippen molar-refractivity contribution in [1.29, 1.82) is 0 Å². The monoisotopic (exact) mass is 466 g/mol. The Hall–Kier alpha value is -3.09. The van der Waals surface area contributed by atoms with Crippen LogP contribution in [0.5, 0.6) is 0 Å². The minimum atomic E-state index is -4.70. The van der Waals surface area contributed by atoms with Crippen LogP contribution in [0.4, 0.5) is 30.7 Å². The molecule has 0 radical (unpaired) electrons. The molecule has 0 aliphatic carbocycles. The summed E-state index contributed by atoms with van der Waals surface area (Å²) in [5.74, 6) is -3.74. The van der Waals surface area contributed by atoms with E-state index in [1.54, 1.807) is 0 Å². The molecule has 0 aliphatic heterocycles. The predicted molar refractivity (Wildman–Crippen MR) is 116 cm³/mol.